The molecule has 0 atom stereocenters. The van der Waals surface area contributed by atoms with Crippen LogP contribution < -0.4 is 10.6 Å². The van der Waals surface area contributed by atoms with Crippen LogP contribution in [0.4, 0.5) is 11.4 Å². The third-order valence-corrected chi connectivity index (χ3v) is 3.95. The number of anilines is 2. The van der Waals surface area contributed by atoms with Crippen molar-refractivity contribution in [2.24, 2.45) is 0 Å². The van der Waals surface area contributed by atoms with Gasteiger partial charge >= 0.3 is 0 Å². The van der Waals surface area contributed by atoms with Crippen LogP contribution in [0.2, 0.25) is 0 Å². The zero-order chi connectivity index (χ0) is 18.4. The molecule has 1 amide bonds. The lowest BCUT2D eigenvalue weighted by atomic mass is 10.0. The normalized spacial score (nSPS) is 11.1. The van der Waals surface area contributed by atoms with Crippen LogP contribution in [-0.2, 0) is 4.79 Å². The number of nitrogens with one attached hydrogen (secondary N) is 2. The molecule has 2 aromatic rings. The van der Waals surface area contributed by atoms with Crippen molar-refractivity contribution >= 4 is 17.3 Å². The van der Waals surface area contributed by atoms with Crippen LogP contribution >= 0.6 is 0 Å². The van der Waals surface area contributed by atoms with E-state index in [9.17, 15) is 10.1 Å². The van der Waals surface area contributed by atoms with E-state index in [0.717, 1.165) is 22.4 Å². The van der Waals surface area contributed by atoms with Crippen molar-refractivity contribution in [1.29, 1.82) is 5.26 Å². The summed E-state index contributed by atoms with van der Waals surface area (Å²) in [7, 11) is 0. The molecule has 0 fully saturated rings. The fourth-order valence-electron chi connectivity index (χ4n) is 2.57. The van der Waals surface area contributed by atoms with E-state index in [1.165, 1.54) is 6.20 Å². The Morgan fingerprint density at radius 3 is 2.48 bits per heavy atom. The summed E-state index contributed by atoms with van der Waals surface area (Å²) in [6.45, 7) is 8.12. The maximum absolute atomic E-state index is 12.4. The van der Waals surface area contributed by atoms with E-state index < -0.39 is 5.91 Å². The maximum Gasteiger partial charge on any atom is 0.267 e. The number of carbonyl (C=O) groups excluding carboxylic acids is 1. The van der Waals surface area contributed by atoms with Gasteiger partial charge in [-0.25, -0.2) is 0 Å². The summed E-state index contributed by atoms with van der Waals surface area (Å²) in [6, 6.07) is 15.6. The Balaban J connectivity index is 2.17. The molecule has 0 saturated heterocycles. The number of carbonyl (C=O) groups is 1. The number of benzene rings is 2. The molecule has 4 heteroatoms. The fraction of sp³-hybridized carbons (Fsp3) is 0.238. The number of amides is 1. The maximum atomic E-state index is 12.4. The largest absolute Gasteiger partial charge is 0.360 e. The Morgan fingerprint density at radius 1 is 1.12 bits per heavy atom. The fourth-order valence-corrected chi connectivity index (χ4v) is 2.57. The third kappa shape index (κ3) is 4.71. The molecule has 0 aliphatic heterocycles. The Labute approximate surface area is 149 Å². The second-order valence-corrected chi connectivity index (χ2v) is 6.33. The lowest BCUT2D eigenvalue weighted by Crippen LogP contribution is -2.15. The van der Waals surface area contributed by atoms with Crippen molar-refractivity contribution in [3.63, 3.8) is 0 Å². The highest BCUT2D eigenvalue weighted by Gasteiger charge is 2.11. The highest BCUT2D eigenvalue weighted by atomic mass is 16.1. The van der Waals surface area contributed by atoms with E-state index in [-0.39, 0.29) is 5.57 Å². The molecular weight excluding hydrogens is 310 g/mol. The number of hydrogen-bond donors (Lipinski definition) is 2. The molecule has 0 saturated carbocycles. The van der Waals surface area contributed by atoms with E-state index in [1.807, 2.05) is 62.4 Å². The van der Waals surface area contributed by atoms with Gasteiger partial charge in [0, 0.05) is 17.6 Å². The summed E-state index contributed by atoms with van der Waals surface area (Å²) < 4.78 is 0. The average molecular weight is 333 g/mol. The second-order valence-electron chi connectivity index (χ2n) is 6.33. The van der Waals surface area contributed by atoms with Crippen molar-refractivity contribution < 1.29 is 4.79 Å². The van der Waals surface area contributed by atoms with Crippen LogP contribution in [-0.4, -0.2) is 5.91 Å². The van der Waals surface area contributed by atoms with Gasteiger partial charge < -0.3 is 10.6 Å². The summed E-state index contributed by atoms with van der Waals surface area (Å²) in [5.41, 5.74) is 4.84. The molecular formula is C21H23N3O. The van der Waals surface area contributed by atoms with Gasteiger partial charge in [-0.2, -0.15) is 5.26 Å². The summed E-state index contributed by atoms with van der Waals surface area (Å²) in [6.07, 6.45) is 1.46. The zero-order valence-electron chi connectivity index (χ0n) is 15.1. The van der Waals surface area contributed by atoms with E-state index in [1.54, 1.807) is 0 Å². The van der Waals surface area contributed by atoms with Gasteiger partial charge in [-0.1, -0.05) is 49.7 Å². The second kappa shape index (κ2) is 8.16. The summed E-state index contributed by atoms with van der Waals surface area (Å²) in [4.78, 5) is 12.4. The third-order valence-electron chi connectivity index (χ3n) is 3.95. The summed E-state index contributed by atoms with van der Waals surface area (Å²) in [5, 5.41) is 15.2. The smallest absolute Gasteiger partial charge is 0.267 e. The molecule has 0 aromatic heterocycles. The first-order valence-corrected chi connectivity index (χ1v) is 8.26. The molecule has 2 N–H and O–H groups in total. The molecule has 0 heterocycles. The van der Waals surface area contributed by atoms with Crippen LogP contribution in [0.15, 0.2) is 54.2 Å². The SMILES string of the molecule is Cc1ccc(NC(=O)/C(C#N)=C\Nc2ccccc2C(C)C)c(C)c1. The molecule has 0 radical (unpaired) electrons. The first-order valence-electron chi connectivity index (χ1n) is 8.26. The number of nitrogens with zero attached hydrogens (tertiary/aromatic N) is 1. The molecule has 2 aromatic carbocycles. The molecule has 2 rings (SSSR count). The summed E-state index contributed by atoms with van der Waals surface area (Å²) in [5.74, 6) is -0.0874. The van der Waals surface area contributed by atoms with Gasteiger partial charge in [0.15, 0.2) is 0 Å². The van der Waals surface area contributed by atoms with Crippen molar-refractivity contribution in [1.82, 2.24) is 0 Å². The topological polar surface area (TPSA) is 64.9 Å². The molecule has 25 heavy (non-hydrogen) atoms. The van der Waals surface area contributed by atoms with E-state index >= 15 is 0 Å². The van der Waals surface area contributed by atoms with Gasteiger partial charge in [-0.15, -0.1) is 0 Å². The molecule has 0 aliphatic rings. The minimum atomic E-state index is -0.427. The van der Waals surface area contributed by atoms with Gasteiger partial charge in [-0.05, 0) is 43.0 Å². The molecule has 128 valence electrons. The van der Waals surface area contributed by atoms with E-state index in [4.69, 9.17) is 0 Å². The quantitative estimate of drug-likeness (QED) is 0.605. The van der Waals surface area contributed by atoms with E-state index in [2.05, 4.69) is 24.5 Å². The lowest BCUT2D eigenvalue weighted by molar-refractivity contribution is -0.112. The van der Waals surface area contributed by atoms with E-state index in [0.29, 0.717) is 11.6 Å². The Hall–Kier alpha value is -3.06. The van der Waals surface area contributed by atoms with Gasteiger partial charge in [0.2, 0.25) is 0 Å². The predicted octanol–water partition coefficient (Wildman–Crippen LogP) is 4.88. The first kappa shape index (κ1) is 18.3. The average Bonchev–Trinajstić information content (AvgIpc) is 2.58. The minimum Gasteiger partial charge on any atom is -0.360 e. The molecule has 0 spiro atoms. The van der Waals surface area contributed by atoms with Gasteiger partial charge in [0.05, 0.1) is 0 Å². The van der Waals surface area contributed by atoms with Gasteiger partial charge in [0.1, 0.15) is 11.6 Å². The molecule has 4 nitrogen and oxygen atoms in total. The molecule has 0 aliphatic carbocycles. The number of para-hydroxylation sites is 1. The van der Waals surface area contributed by atoms with Crippen LogP contribution in [0.5, 0.6) is 0 Å². The van der Waals surface area contributed by atoms with Crippen molar-refractivity contribution in [3.05, 3.63) is 70.9 Å². The number of rotatable bonds is 5. The minimum absolute atomic E-state index is 0.0264. The van der Waals surface area contributed by atoms with Crippen molar-refractivity contribution in [2.75, 3.05) is 10.6 Å². The standard InChI is InChI=1S/C21H23N3O/c1-14(2)18-7-5-6-8-20(18)23-13-17(12-22)21(25)24-19-10-9-15(3)11-16(19)4/h5-11,13-14,23H,1-4H3,(H,24,25)/b17-13-. The highest BCUT2D eigenvalue weighted by Crippen LogP contribution is 2.24. The number of aryl methyl sites for hydroxylation is 2. The van der Waals surface area contributed by atoms with Crippen LogP contribution in [0.25, 0.3) is 0 Å². The highest BCUT2D eigenvalue weighted by molar-refractivity contribution is 6.07. The Kier molecular flexibility index (Phi) is 5.97. The monoisotopic (exact) mass is 333 g/mol. The Bertz CT molecular complexity index is 844. The predicted molar refractivity (Wildman–Crippen MR) is 102 cm³/mol. The van der Waals surface area contributed by atoms with Crippen molar-refractivity contribution in [2.45, 2.75) is 33.6 Å². The summed E-state index contributed by atoms with van der Waals surface area (Å²) >= 11 is 0. The molecule has 0 unspecified atom stereocenters. The van der Waals surface area contributed by atoms with Crippen LogP contribution in [0.3, 0.4) is 0 Å². The van der Waals surface area contributed by atoms with Crippen molar-refractivity contribution in [3.8, 4) is 6.07 Å². The van der Waals surface area contributed by atoms with Crippen LogP contribution in [0.1, 0.15) is 36.5 Å². The molecule has 0 bridgehead atoms. The lowest BCUT2D eigenvalue weighted by Gasteiger charge is -2.13. The Morgan fingerprint density at radius 2 is 1.84 bits per heavy atom. The number of nitriles is 1. The first-order chi connectivity index (χ1) is 11.9. The number of hydrogen-bond acceptors (Lipinski definition) is 3. The zero-order valence-corrected chi connectivity index (χ0v) is 15.1. The van der Waals surface area contributed by atoms with Gasteiger partial charge in [0.25, 0.3) is 5.91 Å². The van der Waals surface area contributed by atoms with Gasteiger partial charge in [-0.3, -0.25) is 4.79 Å². The van der Waals surface area contributed by atoms with Crippen LogP contribution in [0, 0.1) is 25.2 Å².